The van der Waals surface area contributed by atoms with Crippen molar-refractivity contribution in [1.29, 1.82) is 0 Å². The summed E-state index contributed by atoms with van der Waals surface area (Å²) in [5, 5.41) is 3.45. The third kappa shape index (κ3) is 4.73. The third-order valence-electron chi connectivity index (χ3n) is 4.21. The fraction of sp³-hybridized carbons (Fsp3) is 0.294. The second-order valence-electron chi connectivity index (χ2n) is 5.99. The third-order valence-corrected chi connectivity index (χ3v) is 6.03. The Labute approximate surface area is 164 Å². The molecule has 0 aromatic heterocycles. The van der Waals surface area contributed by atoms with Gasteiger partial charge in [0.25, 0.3) is 10.2 Å². The maximum atomic E-state index is 13.8. The van der Waals surface area contributed by atoms with Gasteiger partial charge in [0.05, 0.1) is 0 Å². The molecule has 5 nitrogen and oxygen atoms in total. The minimum Gasteiger partial charge on any atom is -0.309 e. The Kier molecular flexibility index (Phi) is 7.01. The summed E-state index contributed by atoms with van der Waals surface area (Å²) >= 11 is 5.96. The Hall–Kier alpha value is -1.22. The topological polar surface area (TPSA) is 61.4 Å². The zero-order chi connectivity index (χ0) is 18.0. The van der Waals surface area contributed by atoms with Crippen LogP contribution in [0.25, 0.3) is 0 Å². The van der Waals surface area contributed by atoms with E-state index in [-0.39, 0.29) is 36.1 Å². The highest BCUT2D eigenvalue weighted by atomic mass is 35.5. The van der Waals surface area contributed by atoms with Gasteiger partial charge in [0.2, 0.25) is 0 Å². The van der Waals surface area contributed by atoms with Crippen LogP contribution in [0.3, 0.4) is 0 Å². The van der Waals surface area contributed by atoms with E-state index < -0.39 is 16.0 Å². The van der Waals surface area contributed by atoms with E-state index in [1.54, 1.807) is 0 Å². The molecule has 0 amide bonds. The van der Waals surface area contributed by atoms with E-state index in [0.717, 1.165) is 23.0 Å². The zero-order valence-electron chi connectivity index (χ0n) is 14.1. The van der Waals surface area contributed by atoms with Crippen LogP contribution in [0, 0.1) is 5.82 Å². The summed E-state index contributed by atoms with van der Waals surface area (Å²) in [6.07, 6.45) is 0. The molecule has 1 aliphatic heterocycles. The molecule has 9 heteroatoms. The van der Waals surface area contributed by atoms with Crippen LogP contribution in [0.4, 0.5) is 4.39 Å². The summed E-state index contributed by atoms with van der Waals surface area (Å²) in [7, 11) is -2.38. The van der Waals surface area contributed by atoms with Gasteiger partial charge in [0.1, 0.15) is 5.82 Å². The first-order valence-electron chi connectivity index (χ1n) is 7.82. The standard InChI is InChI=1S/C17H19ClFN3O2S.ClH/c1-22(11-15-16(18)3-2-4-17(15)19)25(23,24)21-8-12-5-6-13-9-20-10-14(13)7-12;/h2-7,20-21H,8-11H2,1H3;1H. The molecule has 0 saturated carbocycles. The molecular weight excluding hydrogens is 400 g/mol. The van der Waals surface area contributed by atoms with Gasteiger partial charge in [-0.25, -0.2) is 4.39 Å². The Bertz CT molecular complexity index is 873. The number of rotatable bonds is 6. The number of benzene rings is 2. The normalized spacial score (nSPS) is 13.5. The van der Waals surface area contributed by atoms with Crippen LogP contribution < -0.4 is 10.0 Å². The second-order valence-corrected chi connectivity index (χ2v) is 8.26. The first-order chi connectivity index (χ1) is 11.9. The minimum absolute atomic E-state index is 0. The predicted octanol–water partition coefficient (Wildman–Crippen LogP) is 2.97. The molecule has 0 bridgehead atoms. The minimum atomic E-state index is -3.76. The van der Waals surface area contributed by atoms with E-state index in [1.807, 2.05) is 18.2 Å². The van der Waals surface area contributed by atoms with Gasteiger partial charge in [0, 0.05) is 43.8 Å². The average molecular weight is 420 g/mol. The van der Waals surface area contributed by atoms with Gasteiger partial charge < -0.3 is 5.32 Å². The molecule has 26 heavy (non-hydrogen) atoms. The summed E-state index contributed by atoms with van der Waals surface area (Å²) in [5.41, 5.74) is 3.45. The molecule has 3 rings (SSSR count). The molecule has 142 valence electrons. The summed E-state index contributed by atoms with van der Waals surface area (Å²) in [6, 6.07) is 10.2. The van der Waals surface area contributed by atoms with Crippen molar-refractivity contribution in [3.8, 4) is 0 Å². The average Bonchev–Trinajstić information content (AvgIpc) is 3.04. The zero-order valence-corrected chi connectivity index (χ0v) is 16.5. The van der Waals surface area contributed by atoms with Gasteiger partial charge in [-0.1, -0.05) is 35.9 Å². The van der Waals surface area contributed by atoms with Crippen molar-refractivity contribution in [2.24, 2.45) is 0 Å². The van der Waals surface area contributed by atoms with Crippen molar-refractivity contribution in [3.05, 3.63) is 69.5 Å². The highest BCUT2D eigenvalue weighted by Crippen LogP contribution is 2.21. The SMILES string of the molecule is CN(Cc1c(F)cccc1Cl)S(=O)(=O)NCc1ccc2c(c1)CNC2.Cl. The van der Waals surface area contributed by atoms with Crippen LogP contribution in [-0.2, 0) is 36.4 Å². The van der Waals surface area contributed by atoms with Crippen LogP contribution in [0.5, 0.6) is 0 Å². The largest absolute Gasteiger partial charge is 0.309 e. The van der Waals surface area contributed by atoms with Gasteiger partial charge in [-0.3, -0.25) is 0 Å². The summed E-state index contributed by atoms with van der Waals surface area (Å²) in [5.74, 6) is -0.527. The van der Waals surface area contributed by atoms with Gasteiger partial charge in [0.15, 0.2) is 0 Å². The molecule has 0 radical (unpaired) electrons. The van der Waals surface area contributed by atoms with Crippen molar-refractivity contribution in [2.45, 2.75) is 26.2 Å². The van der Waals surface area contributed by atoms with Crippen LogP contribution in [0.15, 0.2) is 36.4 Å². The first-order valence-corrected chi connectivity index (χ1v) is 9.64. The molecule has 2 N–H and O–H groups in total. The first kappa shape index (κ1) is 21.1. The van der Waals surface area contributed by atoms with Crippen molar-refractivity contribution in [1.82, 2.24) is 14.3 Å². The lowest BCUT2D eigenvalue weighted by molar-refractivity contribution is 0.446. The highest BCUT2D eigenvalue weighted by Gasteiger charge is 2.20. The number of hydrogen-bond acceptors (Lipinski definition) is 3. The molecule has 1 aliphatic rings. The second kappa shape index (κ2) is 8.65. The molecule has 0 atom stereocenters. The van der Waals surface area contributed by atoms with Crippen LogP contribution in [0.2, 0.25) is 5.02 Å². The van der Waals surface area contributed by atoms with Crippen LogP contribution >= 0.6 is 24.0 Å². The van der Waals surface area contributed by atoms with Crippen LogP contribution in [0.1, 0.15) is 22.3 Å². The summed E-state index contributed by atoms with van der Waals surface area (Å²) in [4.78, 5) is 0. The highest BCUT2D eigenvalue weighted by molar-refractivity contribution is 7.87. The smallest absolute Gasteiger partial charge is 0.279 e. The molecule has 2 aromatic carbocycles. The quantitative estimate of drug-likeness (QED) is 0.756. The molecule has 0 unspecified atom stereocenters. The van der Waals surface area contributed by atoms with E-state index in [0.29, 0.717) is 0 Å². The van der Waals surface area contributed by atoms with E-state index in [4.69, 9.17) is 11.6 Å². The van der Waals surface area contributed by atoms with Gasteiger partial charge in [-0.2, -0.15) is 17.4 Å². The number of halogens is 3. The lowest BCUT2D eigenvalue weighted by Gasteiger charge is -2.19. The predicted molar refractivity (Wildman–Crippen MR) is 103 cm³/mol. The van der Waals surface area contributed by atoms with E-state index in [1.165, 1.54) is 36.4 Å². The lowest BCUT2D eigenvalue weighted by Crippen LogP contribution is -2.37. The Balaban J connectivity index is 0.00000243. The van der Waals surface area contributed by atoms with Gasteiger partial charge in [-0.05, 0) is 28.8 Å². The molecule has 0 spiro atoms. The molecule has 0 aliphatic carbocycles. The fourth-order valence-corrected chi connectivity index (χ4v) is 3.83. The molecule has 1 heterocycles. The van der Waals surface area contributed by atoms with Crippen molar-refractivity contribution in [2.75, 3.05) is 7.05 Å². The number of hydrogen-bond donors (Lipinski definition) is 2. The Morgan fingerprint density at radius 3 is 2.69 bits per heavy atom. The van der Waals surface area contributed by atoms with E-state index >= 15 is 0 Å². The summed E-state index contributed by atoms with van der Waals surface area (Å²) in [6.45, 7) is 1.66. The van der Waals surface area contributed by atoms with Gasteiger partial charge in [-0.15, -0.1) is 12.4 Å². The monoisotopic (exact) mass is 419 g/mol. The van der Waals surface area contributed by atoms with E-state index in [9.17, 15) is 12.8 Å². The Morgan fingerprint density at radius 1 is 1.23 bits per heavy atom. The molecule has 2 aromatic rings. The van der Waals surface area contributed by atoms with Crippen molar-refractivity contribution in [3.63, 3.8) is 0 Å². The lowest BCUT2D eigenvalue weighted by atomic mass is 10.1. The Morgan fingerprint density at radius 2 is 1.96 bits per heavy atom. The van der Waals surface area contributed by atoms with Crippen LogP contribution in [-0.4, -0.2) is 19.8 Å². The number of nitrogens with zero attached hydrogens (tertiary/aromatic N) is 1. The van der Waals surface area contributed by atoms with E-state index in [2.05, 4.69) is 10.0 Å². The summed E-state index contributed by atoms with van der Waals surface area (Å²) < 4.78 is 42.2. The maximum Gasteiger partial charge on any atom is 0.279 e. The molecule has 0 fully saturated rings. The number of nitrogens with one attached hydrogen (secondary N) is 2. The fourth-order valence-electron chi connectivity index (χ4n) is 2.73. The van der Waals surface area contributed by atoms with Gasteiger partial charge >= 0.3 is 0 Å². The van der Waals surface area contributed by atoms with Crippen molar-refractivity contribution >= 4 is 34.2 Å². The molecular formula is C17H20Cl2FN3O2S. The maximum absolute atomic E-state index is 13.8. The van der Waals surface area contributed by atoms with Crippen molar-refractivity contribution < 1.29 is 12.8 Å². The molecule has 0 saturated heterocycles. The number of fused-ring (bicyclic) bond motifs is 1.